The van der Waals surface area contributed by atoms with Crippen molar-refractivity contribution in [3.05, 3.63) is 34.9 Å². The Morgan fingerprint density at radius 3 is 2.72 bits per heavy atom. The molecule has 1 aliphatic rings. The number of benzene rings is 1. The molecular formula is C16H24ClN. The third-order valence-corrected chi connectivity index (χ3v) is 4.46. The van der Waals surface area contributed by atoms with Gasteiger partial charge in [-0.2, -0.15) is 0 Å². The predicted octanol–water partition coefficient (Wildman–Crippen LogP) is 4.96. The van der Waals surface area contributed by atoms with Gasteiger partial charge in [-0.1, -0.05) is 49.6 Å². The Morgan fingerprint density at radius 2 is 1.94 bits per heavy atom. The molecule has 1 nitrogen and oxygen atoms in total. The fourth-order valence-corrected chi connectivity index (χ4v) is 3.22. The van der Waals surface area contributed by atoms with Crippen molar-refractivity contribution < 1.29 is 0 Å². The normalized spacial score (nSPS) is 26.6. The van der Waals surface area contributed by atoms with Gasteiger partial charge in [0.15, 0.2) is 0 Å². The Balaban J connectivity index is 1.94. The Labute approximate surface area is 116 Å². The van der Waals surface area contributed by atoms with Crippen molar-refractivity contribution >= 4 is 11.6 Å². The zero-order chi connectivity index (χ0) is 13.0. The molecule has 1 aromatic carbocycles. The van der Waals surface area contributed by atoms with Gasteiger partial charge in [-0.15, -0.1) is 0 Å². The molecule has 100 valence electrons. The molecule has 0 spiro atoms. The van der Waals surface area contributed by atoms with Gasteiger partial charge in [-0.05, 0) is 43.7 Å². The zero-order valence-corrected chi connectivity index (χ0v) is 12.2. The lowest BCUT2D eigenvalue weighted by molar-refractivity contribution is 0.408. The highest BCUT2D eigenvalue weighted by molar-refractivity contribution is 6.31. The van der Waals surface area contributed by atoms with Crippen LogP contribution in [0.4, 0.5) is 0 Å². The van der Waals surface area contributed by atoms with Gasteiger partial charge < -0.3 is 5.32 Å². The first-order valence-corrected chi connectivity index (χ1v) is 7.55. The largest absolute Gasteiger partial charge is 0.307 e. The molecule has 0 aromatic heterocycles. The van der Waals surface area contributed by atoms with E-state index in [9.17, 15) is 0 Å². The Hall–Kier alpha value is -0.530. The SMILES string of the molecule is CC1CCCC(NC(C)c2ccccc2Cl)CC1. The molecule has 0 bridgehead atoms. The predicted molar refractivity (Wildman–Crippen MR) is 79.0 cm³/mol. The van der Waals surface area contributed by atoms with Gasteiger partial charge in [-0.3, -0.25) is 0 Å². The van der Waals surface area contributed by atoms with Gasteiger partial charge in [0, 0.05) is 17.1 Å². The summed E-state index contributed by atoms with van der Waals surface area (Å²) in [6, 6.07) is 9.16. The van der Waals surface area contributed by atoms with E-state index in [2.05, 4.69) is 31.3 Å². The van der Waals surface area contributed by atoms with Crippen LogP contribution >= 0.6 is 11.6 Å². The number of halogens is 1. The van der Waals surface area contributed by atoms with Crippen LogP contribution in [0.3, 0.4) is 0 Å². The molecule has 18 heavy (non-hydrogen) atoms. The van der Waals surface area contributed by atoms with E-state index in [4.69, 9.17) is 11.6 Å². The molecule has 1 aliphatic carbocycles. The van der Waals surface area contributed by atoms with Gasteiger partial charge in [0.1, 0.15) is 0 Å². The molecule has 1 N–H and O–H groups in total. The molecule has 0 heterocycles. The minimum Gasteiger partial charge on any atom is -0.307 e. The standard InChI is InChI=1S/C16H24ClN/c1-12-6-5-7-14(11-10-12)18-13(2)15-8-3-4-9-16(15)17/h3-4,8-9,12-14,18H,5-7,10-11H2,1-2H3. The van der Waals surface area contributed by atoms with Crippen LogP contribution in [0.15, 0.2) is 24.3 Å². The van der Waals surface area contributed by atoms with E-state index in [1.807, 2.05) is 12.1 Å². The molecule has 0 saturated heterocycles. The number of hydrogen-bond donors (Lipinski definition) is 1. The molecule has 2 rings (SSSR count). The van der Waals surface area contributed by atoms with Gasteiger partial charge in [0.05, 0.1) is 0 Å². The highest BCUT2D eigenvalue weighted by Gasteiger charge is 2.18. The van der Waals surface area contributed by atoms with Crippen LogP contribution in [-0.2, 0) is 0 Å². The summed E-state index contributed by atoms with van der Waals surface area (Å²) in [5, 5.41) is 4.63. The number of hydrogen-bond acceptors (Lipinski definition) is 1. The quantitative estimate of drug-likeness (QED) is 0.762. The van der Waals surface area contributed by atoms with Crippen molar-refractivity contribution in [3.63, 3.8) is 0 Å². The van der Waals surface area contributed by atoms with E-state index in [-0.39, 0.29) is 0 Å². The summed E-state index contributed by atoms with van der Waals surface area (Å²) in [7, 11) is 0. The first-order valence-electron chi connectivity index (χ1n) is 7.17. The van der Waals surface area contributed by atoms with Crippen LogP contribution in [0.1, 0.15) is 57.6 Å². The molecule has 1 aromatic rings. The molecular weight excluding hydrogens is 242 g/mol. The fourth-order valence-electron chi connectivity index (χ4n) is 2.92. The van der Waals surface area contributed by atoms with Crippen molar-refractivity contribution in [3.8, 4) is 0 Å². The molecule has 1 fully saturated rings. The maximum Gasteiger partial charge on any atom is 0.0453 e. The molecule has 3 unspecified atom stereocenters. The topological polar surface area (TPSA) is 12.0 Å². The van der Waals surface area contributed by atoms with Crippen molar-refractivity contribution in [2.24, 2.45) is 5.92 Å². The van der Waals surface area contributed by atoms with Crippen LogP contribution in [0.2, 0.25) is 5.02 Å². The Kier molecular flexibility index (Phi) is 5.08. The smallest absolute Gasteiger partial charge is 0.0453 e. The molecule has 1 saturated carbocycles. The van der Waals surface area contributed by atoms with Crippen LogP contribution in [0.5, 0.6) is 0 Å². The summed E-state index contributed by atoms with van der Waals surface area (Å²) in [6.07, 6.45) is 6.70. The number of rotatable bonds is 3. The van der Waals surface area contributed by atoms with Crippen LogP contribution < -0.4 is 5.32 Å². The Morgan fingerprint density at radius 1 is 1.17 bits per heavy atom. The monoisotopic (exact) mass is 265 g/mol. The molecule has 0 radical (unpaired) electrons. The molecule has 0 amide bonds. The maximum atomic E-state index is 6.25. The summed E-state index contributed by atoms with van der Waals surface area (Å²) in [6.45, 7) is 4.59. The zero-order valence-electron chi connectivity index (χ0n) is 11.5. The second kappa shape index (κ2) is 6.58. The van der Waals surface area contributed by atoms with Crippen molar-refractivity contribution in [2.75, 3.05) is 0 Å². The first kappa shape index (κ1) is 13.9. The highest BCUT2D eigenvalue weighted by atomic mass is 35.5. The summed E-state index contributed by atoms with van der Waals surface area (Å²) >= 11 is 6.25. The van der Waals surface area contributed by atoms with Gasteiger partial charge >= 0.3 is 0 Å². The summed E-state index contributed by atoms with van der Waals surface area (Å²) < 4.78 is 0. The van der Waals surface area contributed by atoms with E-state index in [0.29, 0.717) is 12.1 Å². The third-order valence-electron chi connectivity index (χ3n) is 4.11. The lowest BCUT2D eigenvalue weighted by atomic mass is 10.0. The summed E-state index contributed by atoms with van der Waals surface area (Å²) in [5.41, 5.74) is 1.22. The third kappa shape index (κ3) is 3.73. The average Bonchev–Trinajstić information content (AvgIpc) is 2.55. The lowest BCUT2D eigenvalue weighted by Crippen LogP contribution is -2.31. The maximum absolute atomic E-state index is 6.25. The second-order valence-electron chi connectivity index (χ2n) is 5.72. The second-order valence-corrected chi connectivity index (χ2v) is 6.13. The number of nitrogens with one attached hydrogen (secondary N) is 1. The van der Waals surface area contributed by atoms with Crippen molar-refractivity contribution in [2.45, 2.75) is 58.0 Å². The highest BCUT2D eigenvalue weighted by Crippen LogP contribution is 2.27. The first-order chi connectivity index (χ1) is 8.66. The fraction of sp³-hybridized carbons (Fsp3) is 0.625. The van der Waals surface area contributed by atoms with E-state index < -0.39 is 0 Å². The van der Waals surface area contributed by atoms with Gasteiger partial charge in [0.25, 0.3) is 0 Å². The van der Waals surface area contributed by atoms with Crippen molar-refractivity contribution in [1.82, 2.24) is 5.32 Å². The minimum atomic E-state index is 0.345. The minimum absolute atomic E-state index is 0.345. The molecule has 2 heteroatoms. The van der Waals surface area contributed by atoms with E-state index in [1.165, 1.54) is 37.7 Å². The molecule has 0 aliphatic heterocycles. The summed E-state index contributed by atoms with van der Waals surface area (Å²) in [5.74, 6) is 0.896. The van der Waals surface area contributed by atoms with E-state index >= 15 is 0 Å². The van der Waals surface area contributed by atoms with Crippen LogP contribution in [0, 0.1) is 5.92 Å². The molecule has 3 atom stereocenters. The lowest BCUT2D eigenvalue weighted by Gasteiger charge is -2.23. The van der Waals surface area contributed by atoms with Gasteiger partial charge in [-0.25, -0.2) is 0 Å². The summed E-state index contributed by atoms with van der Waals surface area (Å²) in [4.78, 5) is 0. The van der Waals surface area contributed by atoms with Crippen molar-refractivity contribution in [1.29, 1.82) is 0 Å². The van der Waals surface area contributed by atoms with E-state index in [1.54, 1.807) is 0 Å². The van der Waals surface area contributed by atoms with Crippen LogP contribution in [-0.4, -0.2) is 6.04 Å². The average molecular weight is 266 g/mol. The Bertz CT molecular complexity index is 377. The van der Waals surface area contributed by atoms with E-state index in [0.717, 1.165) is 10.9 Å². The van der Waals surface area contributed by atoms with Gasteiger partial charge in [0.2, 0.25) is 0 Å². The van der Waals surface area contributed by atoms with Crippen LogP contribution in [0.25, 0.3) is 0 Å².